The first-order valence-electron chi connectivity index (χ1n) is 8.89. The topological polar surface area (TPSA) is 84.9 Å². The van der Waals surface area contributed by atoms with Crippen LogP contribution in [0.3, 0.4) is 0 Å². The van der Waals surface area contributed by atoms with Crippen molar-refractivity contribution < 1.29 is 23.9 Å². The Morgan fingerprint density at radius 3 is 2.52 bits per heavy atom. The molecule has 0 unspecified atom stereocenters. The quantitative estimate of drug-likeness (QED) is 0.526. The molecular weight excluding hydrogens is 392 g/mol. The van der Waals surface area contributed by atoms with Crippen LogP contribution in [0.4, 0.5) is 5.69 Å². The maximum absolute atomic E-state index is 12.6. The van der Waals surface area contributed by atoms with Gasteiger partial charge in [-0.3, -0.25) is 9.59 Å². The molecule has 0 heterocycles. The van der Waals surface area contributed by atoms with E-state index in [0.29, 0.717) is 21.9 Å². The highest BCUT2D eigenvalue weighted by atomic mass is 32.2. The van der Waals surface area contributed by atoms with E-state index >= 15 is 0 Å². The van der Waals surface area contributed by atoms with Crippen molar-refractivity contribution in [3.63, 3.8) is 0 Å². The number of hydrogen-bond acceptors (Lipinski definition) is 6. The summed E-state index contributed by atoms with van der Waals surface area (Å²) in [6.45, 7) is 1.50. The fourth-order valence-corrected chi connectivity index (χ4v) is 3.27. The number of carbonyl (C=O) groups excluding carboxylic acids is 3. The summed E-state index contributed by atoms with van der Waals surface area (Å²) in [7, 11) is 4.88. The van der Waals surface area contributed by atoms with Gasteiger partial charge < -0.3 is 19.7 Å². The zero-order valence-corrected chi connectivity index (χ0v) is 17.6. The molecule has 2 rings (SSSR count). The summed E-state index contributed by atoms with van der Waals surface area (Å²) in [5.74, 6) is -0.350. The minimum Gasteiger partial charge on any atom is -0.497 e. The number of ether oxygens (including phenoxy) is 2. The van der Waals surface area contributed by atoms with Crippen LogP contribution in [0.15, 0.2) is 53.4 Å². The summed E-state index contributed by atoms with van der Waals surface area (Å²) in [6, 6.07) is 13.7. The second-order valence-corrected chi connectivity index (χ2v) is 7.36. The zero-order valence-electron chi connectivity index (χ0n) is 16.8. The van der Waals surface area contributed by atoms with E-state index in [0.717, 1.165) is 0 Å². The van der Waals surface area contributed by atoms with Crippen LogP contribution in [-0.4, -0.2) is 55.7 Å². The zero-order chi connectivity index (χ0) is 21.4. The first-order valence-corrected chi connectivity index (χ1v) is 9.88. The summed E-state index contributed by atoms with van der Waals surface area (Å²) in [6.07, 6.45) is -1.00. The van der Waals surface area contributed by atoms with E-state index in [1.165, 1.54) is 30.7 Å². The Bertz CT molecular complexity index is 885. The minimum absolute atomic E-state index is 0.0656. The highest BCUT2D eigenvalue weighted by Crippen LogP contribution is 2.24. The fourth-order valence-electron chi connectivity index (χ4n) is 2.25. The molecule has 0 saturated heterocycles. The third-order valence-electron chi connectivity index (χ3n) is 3.95. The van der Waals surface area contributed by atoms with Crippen LogP contribution in [0.5, 0.6) is 5.75 Å². The van der Waals surface area contributed by atoms with E-state index in [-0.39, 0.29) is 11.7 Å². The van der Waals surface area contributed by atoms with Crippen molar-refractivity contribution in [2.24, 2.45) is 0 Å². The number of benzene rings is 2. The summed E-state index contributed by atoms with van der Waals surface area (Å²) in [4.78, 5) is 38.9. The molecule has 1 atom stereocenters. The number of rotatable bonds is 8. The van der Waals surface area contributed by atoms with Gasteiger partial charge >= 0.3 is 5.97 Å². The first kappa shape index (κ1) is 22.3. The van der Waals surface area contributed by atoms with Crippen LogP contribution in [0.25, 0.3) is 0 Å². The maximum Gasteiger partial charge on any atom is 0.340 e. The summed E-state index contributed by atoms with van der Waals surface area (Å²) in [5.41, 5.74) is 0.848. The van der Waals surface area contributed by atoms with Gasteiger partial charge in [-0.25, -0.2) is 4.79 Å². The fraction of sp³-hybridized carbons (Fsp3) is 0.286. The third-order valence-corrected chi connectivity index (χ3v) is 5.01. The van der Waals surface area contributed by atoms with E-state index in [2.05, 4.69) is 5.32 Å². The summed E-state index contributed by atoms with van der Waals surface area (Å²) in [5, 5.41) is 2.69. The lowest BCUT2D eigenvalue weighted by Crippen LogP contribution is -2.30. The number of nitrogens with one attached hydrogen (secondary N) is 1. The number of nitrogens with zero attached hydrogens (tertiary/aromatic N) is 1. The van der Waals surface area contributed by atoms with Crippen LogP contribution >= 0.6 is 11.8 Å². The highest BCUT2D eigenvalue weighted by Gasteiger charge is 2.21. The molecule has 0 spiro atoms. The molecule has 7 nitrogen and oxygen atoms in total. The number of hydrogen-bond donors (Lipinski definition) is 1. The lowest BCUT2D eigenvalue weighted by Gasteiger charge is -2.15. The third kappa shape index (κ3) is 6.53. The Morgan fingerprint density at radius 2 is 1.83 bits per heavy atom. The van der Waals surface area contributed by atoms with Gasteiger partial charge in [-0.1, -0.05) is 18.2 Å². The van der Waals surface area contributed by atoms with E-state index in [4.69, 9.17) is 9.47 Å². The van der Waals surface area contributed by atoms with Gasteiger partial charge in [-0.2, -0.15) is 0 Å². The first-order chi connectivity index (χ1) is 13.8. The second-order valence-electron chi connectivity index (χ2n) is 6.34. The van der Waals surface area contributed by atoms with Crippen molar-refractivity contribution in [3.8, 4) is 5.75 Å². The van der Waals surface area contributed by atoms with Crippen molar-refractivity contribution in [2.75, 3.05) is 32.3 Å². The maximum atomic E-state index is 12.6. The van der Waals surface area contributed by atoms with E-state index in [9.17, 15) is 14.4 Å². The Balaban J connectivity index is 2.01. The van der Waals surface area contributed by atoms with Gasteiger partial charge in [-0.15, -0.1) is 11.8 Å². The van der Waals surface area contributed by atoms with Crippen LogP contribution < -0.4 is 10.1 Å². The molecule has 0 aliphatic heterocycles. The van der Waals surface area contributed by atoms with E-state index < -0.39 is 18.0 Å². The molecule has 1 N–H and O–H groups in total. The van der Waals surface area contributed by atoms with Gasteiger partial charge in [0.1, 0.15) is 5.75 Å². The molecule has 0 saturated carbocycles. The van der Waals surface area contributed by atoms with Gasteiger partial charge in [0, 0.05) is 30.7 Å². The van der Waals surface area contributed by atoms with Crippen LogP contribution in [-0.2, 0) is 14.3 Å². The standard InChI is InChI=1S/C21H24N2O5S/c1-14(20(25)22-15-8-7-9-16(12-15)27-4)28-21(26)17-10-5-6-11-18(17)29-13-19(24)23(2)3/h5-12,14H,13H2,1-4H3,(H,22,25)/t14-/m1/s1. The number of carbonyl (C=O) groups is 3. The van der Waals surface area contributed by atoms with Gasteiger partial charge in [0.05, 0.1) is 18.4 Å². The monoisotopic (exact) mass is 416 g/mol. The normalized spacial score (nSPS) is 11.3. The van der Waals surface area contributed by atoms with Gasteiger partial charge in [-0.05, 0) is 31.2 Å². The predicted octanol–water partition coefficient (Wildman–Crippen LogP) is 3.06. The Labute approximate surface area is 174 Å². The minimum atomic E-state index is -1.00. The molecule has 2 aromatic rings. The molecule has 8 heteroatoms. The molecule has 154 valence electrons. The molecule has 0 aliphatic carbocycles. The molecule has 2 aromatic carbocycles. The molecule has 0 radical (unpaired) electrons. The second kappa shape index (κ2) is 10.5. The smallest absolute Gasteiger partial charge is 0.340 e. The average Bonchev–Trinajstić information content (AvgIpc) is 2.72. The number of amides is 2. The highest BCUT2D eigenvalue weighted by molar-refractivity contribution is 8.00. The summed E-state index contributed by atoms with van der Waals surface area (Å²) >= 11 is 1.25. The van der Waals surface area contributed by atoms with Crippen LogP contribution in [0.2, 0.25) is 0 Å². The van der Waals surface area contributed by atoms with E-state index in [1.54, 1.807) is 62.6 Å². The Hall–Kier alpha value is -3.00. The van der Waals surface area contributed by atoms with Crippen molar-refractivity contribution in [1.29, 1.82) is 0 Å². The van der Waals surface area contributed by atoms with Gasteiger partial charge in [0.25, 0.3) is 5.91 Å². The molecule has 2 amide bonds. The van der Waals surface area contributed by atoms with Gasteiger partial charge in [0.2, 0.25) is 5.91 Å². The van der Waals surface area contributed by atoms with Crippen LogP contribution in [0.1, 0.15) is 17.3 Å². The molecular formula is C21H24N2O5S. The Kier molecular flexibility index (Phi) is 8.09. The predicted molar refractivity (Wildman–Crippen MR) is 112 cm³/mol. The molecule has 0 bridgehead atoms. The Morgan fingerprint density at radius 1 is 1.10 bits per heavy atom. The molecule has 0 aliphatic rings. The number of anilines is 1. The van der Waals surface area contributed by atoms with Crippen molar-refractivity contribution >= 4 is 35.2 Å². The lowest BCUT2D eigenvalue weighted by molar-refractivity contribution is -0.126. The average molecular weight is 416 g/mol. The number of thioether (sulfide) groups is 1. The van der Waals surface area contributed by atoms with Crippen LogP contribution in [0, 0.1) is 0 Å². The van der Waals surface area contributed by atoms with Gasteiger partial charge in [0.15, 0.2) is 6.10 Å². The van der Waals surface area contributed by atoms with Crippen molar-refractivity contribution in [2.45, 2.75) is 17.9 Å². The molecule has 29 heavy (non-hydrogen) atoms. The summed E-state index contributed by atoms with van der Waals surface area (Å²) < 4.78 is 10.5. The number of esters is 1. The molecule has 0 fully saturated rings. The van der Waals surface area contributed by atoms with E-state index in [1.807, 2.05) is 0 Å². The van der Waals surface area contributed by atoms with Crippen molar-refractivity contribution in [3.05, 3.63) is 54.1 Å². The largest absolute Gasteiger partial charge is 0.497 e. The molecule has 0 aromatic heterocycles. The lowest BCUT2D eigenvalue weighted by atomic mass is 10.2. The number of methoxy groups -OCH3 is 1. The van der Waals surface area contributed by atoms with Crippen molar-refractivity contribution in [1.82, 2.24) is 4.90 Å². The SMILES string of the molecule is COc1cccc(NC(=O)[C@@H](C)OC(=O)c2ccccc2SCC(=O)N(C)C)c1.